The molecule has 0 saturated carbocycles. The van der Waals surface area contributed by atoms with E-state index in [1.807, 2.05) is 0 Å². The molecule has 1 amide bonds. The summed E-state index contributed by atoms with van der Waals surface area (Å²) < 4.78 is 55.2. The normalized spacial score (nSPS) is 11.4. The van der Waals surface area contributed by atoms with Gasteiger partial charge >= 0.3 is 24.1 Å². The smallest absolute Gasteiger partial charge is 0.416 e. The summed E-state index contributed by atoms with van der Waals surface area (Å²) in [6, 6.07) is 24.4. The number of alkyl halides is 3. The van der Waals surface area contributed by atoms with Crippen LogP contribution in [-0.2, 0) is 46.6 Å². The van der Waals surface area contributed by atoms with Crippen molar-refractivity contribution in [3.8, 4) is 11.1 Å². The molecule has 256 valence electrons. The van der Waals surface area contributed by atoms with Gasteiger partial charge in [-0.2, -0.15) is 13.2 Å². The molecule has 0 atom stereocenters. The number of anilines is 1. The second-order valence-corrected chi connectivity index (χ2v) is 11.1. The maximum Gasteiger partial charge on any atom is 0.416 e. The van der Waals surface area contributed by atoms with Crippen LogP contribution >= 0.6 is 0 Å². The fourth-order valence-electron chi connectivity index (χ4n) is 5.33. The van der Waals surface area contributed by atoms with Gasteiger partial charge in [0, 0.05) is 17.7 Å². The van der Waals surface area contributed by atoms with Crippen LogP contribution in [0.3, 0.4) is 0 Å². The molecule has 11 heteroatoms. The van der Waals surface area contributed by atoms with E-state index in [-0.39, 0.29) is 38.2 Å². The summed E-state index contributed by atoms with van der Waals surface area (Å²) in [5.41, 5.74) is 0.530. The van der Waals surface area contributed by atoms with Gasteiger partial charge in [0.05, 0.1) is 31.8 Å². The number of rotatable bonds is 13. The third-order valence-corrected chi connectivity index (χ3v) is 7.89. The summed E-state index contributed by atoms with van der Waals surface area (Å²) in [6.07, 6.45) is -4.87. The molecule has 0 radical (unpaired) electrons. The van der Waals surface area contributed by atoms with E-state index in [2.05, 4.69) is 5.32 Å². The van der Waals surface area contributed by atoms with Gasteiger partial charge in [-0.05, 0) is 78.9 Å². The summed E-state index contributed by atoms with van der Waals surface area (Å²) >= 11 is 0. The zero-order valence-corrected chi connectivity index (χ0v) is 27.3. The van der Waals surface area contributed by atoms with E-state index in [1.165, 1.54) is 12.1 Å². The van der Waals surface area contributed by atoms with Crippen LogP contribution in [0.15, 0.2) is 97.1 Å². The van der Waals surface area contributed by atoms with Crippen LogP contribution in [-0.4, -0.2) is 43.6 Å². The fraction of sp³-hybridized carbons (Fsp3) is 0.263. The minimum absolute atomic E-state index is 0.0272. The summed E-state index contributed by atoms with van der Waals surface area (Å²) in [7, 11) is 0. The zero-order chi connectivity index (χ0) is 35.6. The number of carbonyl (C=O) groups is 4. The molecular formula is C38H36F3NO7. The van der Waals surface area contributed by atoms with Gasteiger partial charge in [-0.3, -0.25) is 19.2 Å². The van der Waals surface area contributed by atoms with Crippen molar-refractivity contribution in [2.45, 2.75) is 45.2 Å². The first-order valence-electron chi connectivity index (χ1n) is 15.6. The van der Waals surface area contributed by atoms with Crippen LogP contribution in [0.2, 0.25) is 0 Å². The molecule has 0 bridgehead atoms. The maximum atomic E-state index is 13.4. The Bertz CT molecular complexity index is 1770. The van der Waals surface area contributed by atoms with Crippen molar-refractivity contribution in [2.75, 3.05) is 25.1 Å². The lowest BCUT2D eigenvalue weighted by molar-refractivity contribution is -0.167. The highest BCUT2D eigenvalue weighted by Gasteiger charge is 2.50. The van der Waals surface area contributed by atoms with E-state index < -0.39 is 41.0 Å². The van der Waals surface area contributed by atoms with E-state index in [4.69, 9.17) is 14.2 Å². The van der Waals surface area contributed by atoms with Crippen LogP contribution in [0.25, 0.3) is 11.1 Å². The number of hydrogen-bond donors (Lipinski definition) is 1. The first-order chi connectivity index (χ1) is 23.4. The largest absolute Gasteiger partial charge is 0.465 e. The number of amides is 1. The number of ether oxygens (including phenoxy) is 3. The number of aryl methyl sites for hydroxylation is 1. The standard InChI is InChI=1S/C38H36F3NO7/c1-4-47-35(45)37(36(46)48-5-2,28-11-7-6-8-12-28)21-22-49-33(43)24-27-23-30(20-15-25(27)3)42-34(44)32-14-10-9-13-31(32)26-16-18-29(19-17-26)38(39,40)41/h6-20,23H,4-5,21-22,24H2,1-3H3,(H,42,44). The lowest BCUT2D eigenvalue weighted by Crippen LogP contribution is -2.47. The Morgan fingerprint density at radius 2 is 1.33 bits per heavy atom. The Hall–Kier alpha value is -5.45. The van der Waals surface area contributed by atoms with Gasteiger partial charge < -0.3 is 19.5 Å². The van der Waals surface area contributed by atoms with E-state index in [0.29, 0.717) is 27.9 Å². The minimum atomic E-state index is -4.48. The van der Waals surface area contributed by atoms with Crippen LogP contribution in [0.5, 0.6) is 0 Å². The zero-order valence-electron chi connectivity index (χ0n) is 27.3. The summed E-state index contributed by atoms with van der Waals surface area (Å²) in [5, 5.41) is 2.80. The molecule has 0 aromatic heterocycles. The highest BCUT2D eigenvalue weighted by molar-refractivity contribution is 6.09. The van der Waals surface area contributed by atoms with Crippen LogP contribution < -0.4 is 5.32 Å². The van der Waals surface area contributed by atoms with Crippen molar-refractivity contribution < 1.29 is 46.6 Å². The van der Waals surface area contributed by atoms with Gasteiger partial charge in [-0.1, -0.05) is 66.7 Å². The molecule has 1 N–H and O–H groups in total. The lowest BCUT2D eigenvalue weighted by Gasteiger charge is -2.29. The van der Waals surface area contributed by atoms with Crippen molar-refractivity contribution >= 4 is 29.5 Å². The van der Waals surface area contributed by atoms with Gasteiger partial charge in [0.15, 0.2) is 5.41 Å². The van der Waals surface area contributed by atoms with Crippen LogP contribution in [0.4, 0.5) is 18.9 Å². The molecule has 0 fully saturated rings. The molecule has 0 heterocycles. The maximum absolute atomic E-state index is 13.4. The third kappa shape index (κ3) is 8.72. The molecule has 4 rings (SSSR count). The van der Waals surface area contributed by atoms with Crippen molar-refractivity contribution in [1.82, 2.24) is 0 Å². The molecular weight excluding hydrogens is 639 g/mol. The summed E-state index contributed by atoms with van der Waals surface area (Å²) in [6.45, 7) is 4.79. The van der Waals surface area contributed by atoms with Crippen LogP contribution in [0, 0.1) is 6.92 Å². The van der Waals surface area contributed by atoms with Gasteiger partial charge in [0.1, 0.15) is 0 Å². The van der Waals surface area contributed by atoms with Crippen LogP contribution in [0.1, 0.15) is 52.9 Å². The topological polar surface area (TPSA) is 108 Å². The fourth-order valence-corrected chi connectivity index (χ4v) is 5.33. The van der Waals surface area contributed by atoms with E-state index in [0.717, 1.165) is 17.7 Å². The van der Waals surface area contributed by atoms with E-state index in [9.17, 15) is 32.3 Å². The third-order valence-electron chi connectivity index (χ3n) is 7.89. The SMILES string of the molecule is CCOC(=O)C(CCOC(=O)Cc1cc(NC(=O)c2ccccc2-c2ccc(C(F)(F)F)cc2)ccc1C)(C(=O)OCC)c1ccccc1. The number of hydrogen-bond acceptors (Lipinski definition) is 7. The number of halogens is 3. The molecule has 4 aromatic rings. The Kier molecular flexibility index (Phi) is 12.0. The molecule has 4 aromatic carbocycles. The number of nitrogens with one attached hydrogen (secondary N) is 1. The Labute approximate surface area is 282 Å². The Balaban J connectivity index is 1.47. The minimum Gasteiger partial charge on any atom is -0.465 e. The highest BCUT2D eigenvalue weighted by atomic mass is 19.4. The monoisotopic (exact) mass is 675 g/mol. The number of carbonyl (C=O) groups excluding carboxylic acids is 4. The quantitative estimate of drug-likeness (QED) is 0.0890. The first kappa shape index (κ1) is 36.4. The second-order valence-electron chi connectivity index (χ2n) is 11.1. The van der Waals surface area contributed by atoms with E-state index in [1.54, 1.807) is 93.6 Å². The lowest BCUT2D eigenvalue weighted by atomic mass is 9.77. The molecule has 0 unspecified atom stereocenters. The average molecular weight is 676 g/mol. The molecule has 49 heavy (non-hydrogen) atoms. The molecule has 0 spiro atoms. The Morgan fingerprint density at radius 3 is 1.94 bits per heavy atom. The van der Waals surface area contributed by atoms with Gasteiger partial charge in [-0.15, -0.1) is 0 Å². The second kappa shape index (κ2) is 16.1. The molecule has 0 aliphatic heterocycles. The molecule has 8 nitrogen and oxygen atoms in total. The molecule has 0 saturated heterocycles. The van der Waals surface area contributed by atoms with Crippen molar-refractivity contribution in [3.05, 3.63) is 125 Å². The predicted molar refractivity (Wildman–Crippen MR) is 177 cm³/mol. The molecule has 0 aliphatic carbocycles. The van der Waals surface area contributed by atoms with Gasteiger partial charge in [-0.25, -0.2) is 0 Å². The number of esters is 3. The molecule has 0 aliphatic rings. The van der Waals surface area contributed by atoms with Gasteiger partial charge in [0.2, 0.25) is 0 Å². The summed E-state index contributed by atoms with van der Waals surface area (Å²) in [4.78, 5) is 52.8. The predicted octanol–water partition coefficient (Wildman–Crippen LogP) is 7.47. The number of benzene rings is 4. The van der Waals surface area contributed by atoms with Gasteiger partial charge in [0.25, 0.3) is 5.91 Å². The first-order valence-corrected chi connectivity index (χ1v) is 15.6. The highest BCUT2D eigenvalue weighted by Crippen LogP contribution is 2.33. The Morgan fingerprint density at radius 1 is 0.714 bits per heavy atom. The van der Waals surface area contributed by atoms with E-state index >= 15 is 0 Å². The average Bonchev–Trinajstić information content (AvgIpc) is 3.08. The van der Waals surface area contributed by atoms with Crippen molar-refractivity contribution in [2.24, 2.45) is 0 Å². The summed E-state index contributed by atoms with van der Waals surface area (Å²) in [5.74, 6) is -2.75. The van der Waals surface area contributed by atoms with Crippen molar-refractivity contribution in [3.63, 3.8) is 0 Å². The van der Waals surface area contributed by atoms with Crippen molar-refractivity contribution in [1.29, 1.82) is 0 Å².